The molecule has 10 heteroatoms. The van der Waals surface area contributed by atoms with Gasteiger partial charge in [-0.2, -0.15) is 0 Å². The van der Waals surface area contributed by atoms with Gasteiger partial charge in [0, 0.05) is 49.4 Å². The number of aromatic nitrogens is 4. The van der Waals surface area contributed by atoms with Gasteiger partial charge in [-0.15, -0.1) is 11.8 Å². The molecule has 0 radical (unpaired) electrons. The minimum absolute atomic E-state index is 0.234. The van der Waals surface area contributed by atoms with Crippen LogP contribution >= 0.6 is 23.5 Å². The van der Waals surface area contributed by atoms with Crippen LogP contribution < -0.4 is 20.7 Å². The summed E-state index contributed by atoms with van der Waals surface area (Å²) in [7, 11) is 0. The Morgan fingerprint density at radius 3 is 2.88 bits per heavy atom. The van der Waals surface area contributed by atoms with Crippen molar-refractivity contribution in [1.29, 1.82) is 0 Å². The lowest BCUT2D eigenvalue weighted by Gasteiger charge is -2.21. The number of benzene rings is 1. The summed E-state index contributed by atoms with van der Waals surface area (Å²) in [5.41, 5.74) is 9.03. The van der Waals surface area contributed by atoms with Crippen LogP contribution in [-0.4, -0.2) is 58.1 Å². The highest BCUT2D eigenvalue weighted by atomic mass is 32.2. The molecule has 2 aliphatic heterocycles. The van der Waals surface area contributed by atoms with Gasteiger partial charge in [0.15, 0.2) is 22.1 Å². The molecule has 2 aromatic heterocycles. The van der Waals surface area contributed by atoms with Gasteiger partial charge < -0.3 is 25.3 Å². The van der Waals surface area contributed by atoms with E-state index in [0.29, 0.717) is 11.3 Å². The molecular formula is C22H29N7OS2. The number of nitrogens with two attached hydrogens (primary N) is 1. The molecule has 3 N–H and O–H groups in total. The molecule has 5 rings (SSSR count). The third-order valence-corrected chi connectivity index (χ3v) is 7.35. The van der Waals surface area contributed by atoms with Crippen molar-refractivity contribution >= 4 is 46.2 Å². The van der Waals surface area contributed by atoms with Crippen LogP contribution in [0.1, 0.15) is 20.8 Å². The Morgan fingerprint density at radius 1 is 1.25 bits per heavy atom. The van der Waals surface area contributed by atoms with Crippen LogP contribution in [0.15, 0.2) is 33.4 Å². The zero-order chi connectivity index (χ0) is 22.3. The predicted molar refractivity (Wildman–Crippen MR) is 131 cm³/mol. The van der Waals surface area contributed by atoms with Gasteiger partial charge in [0.1, 0.15) is 12.1 Å². The number of hydrogen-bond donors (Lipinski definition) is 2. The van der Waals surface area contributed by atoms with Crippen LogP contribution in [0.25, 0.3) is 11.2 Å². The van der Waals surface area contributed by atoms with E-state index >= 15 is 0 Å². The highest BCUT2D eigenvalue weighted by Gasteiger charge is 2.26. The first-order valence-electron chi connectivity index (χ1n) is 10.9. The molecule has 1 saturated heterocycles. The van der Waals surface area contributed by atoms with Crippen molar-refractivity contribution in [3.05, 3.63) is 18.5 Å². The maximum Gasteiger partial charge on any atom is 0.175 e. The number of nitrogens with zero attached hydrogens (tertiary/aromatic N) is 5. The normalized spacial score (nSPS) is 15.7. The number of nitrogens with one attached hydrogen (secondary N) is 1. The second-order valence-corrected chi connectivity index (χ2v) is 11.4. The Morgan fingerprint density at radius 2 is 2.09 bits per heavy atom. The van der Waals surface area contributed by atoms with Crippen LogP contribution in [0.4, 0.5) is 11.5 Å². The number of imidazole rings is 1. The fourth-order valence-corrected chi connectivity index (χ4v) is 5.66. The molecule has 3 aromatic rings. The van der Waals surface area contributed by atoms with Gasteiger partial charge in [0.2, 0.25) is 0 Å². The van der Waals surface area contributed by atoms with Gasteiger partial charge in [0.05, 0.1) is 17.2 Å². The van der Waals surface area contributed by atoms with E-state index in [1.165, 1.54) is 21.8 Å². The van der Waals surface area contributed by atoms with E-state index in [1.807, 2.05) is 11.8 Å². The quantitative estimate of drug-likeness (QED) is 0.396. The predicted octanol–water partition coefficient (Wildman–Crippen LogP) is 3.50. The van der Waals surface area contributed by atoms with Crippen LogP contribution in [0.3, 0.4) is 0 Å². The van der Waals surface area contributed by atoms with E-state index in [1.54, 1.807) is 11.8 Å². The smallest absolute Gasteiger partial charge is 0.175 e. The van der Waals surface area contributed by atoms with E-state index in [2.05, 4.69) is 57.7 Å². The number of anilines is 2. The second-order valence-electron chi connectivity index (χ2n) is 9.27. The maximum absolute atomic E-state index is 6.14. The summed E-state index contributed by atoms with van der Waals surface area (Å²) in [5.74, 6) is 2.38. The van der Waals surface area contributed by atoms with Crippen molar-refractivity contribution in [2.24, 2.45) is 5.41 Å². The van der Waals surface area contributed by atoms with Crippen molar-refractivity contribution < 1.29 is 4.74 Å². The lowest BCUT2D eigenvalue weighted by atomic mass is 9.97. The van der Waals surface area contributed by atoms with Crippen molar-refractivity contribution in [3.8, 4) is 5.75 Å². The molecule has 32 heavy (non-hydrogen) atoms. The third kappa shape index (κ3) is 4.62. The van der Waals surface area contributed by atoms with Crippen molar-refractivity contribution in [1.82, 2.24) is 24.8 Å². The van der Waals surface area contributed by atoms with Crippen LogP contribution in [0.2, 0.25) is 0 Å². The summed E-state index contributed by atoms with van der Waals surface area (Å²) < 4.78 is 8.06. The van der Waals surface area contributed by atoms with Gasteiger partial charge in [-0.25, -0.2) is 15.0 Å². The minimum Gasteiger partial charge on any atom is -0.491 e. The molecule has 2 aliphatic rings. The molecule has 0 saturated carbocycles. The fraction of sp³-hybridized carbons (Fsp3) is 0.500. The number of nitrogen functional groups attached to an aromatic ring is 1. The molecule has 1 fully saturated rings. The van der Waals surface area contributed by atoms with Crippen molar-refractivity contribution in [3.63, 3.8) is 0 Å². The Kier molecular flexibility index (Phi) is 5.85. The molecule has 0 spiro atoms. The second kappa shape index (κ2) is 8.64. The first kappa shape index (κ1) is 21.7. The Balaban J connectivity index is 1.48. The molecule has 1 aromatic carbocycles. The van der Waals surface area contributed by atoms with E-state index in [0.717, 1.165) is 61.6 Å². The summed E-state index contributed by atoms with van der Waals surface area (Å²) >= 11 is 3.52. The number of thioether (sulfide) groups is 1. The summed E-state index contributed by atoms with van der Waals surface area (Å²) in [6.45, 7) is 12.1. The highest BCUT2D eigenvalue weighted by molar-refractivity contribution is 8.00. The molecule has 0 bridgehead atoms. The molecule has 0 unspecified atom stereocenters. The summed E-state index contributed by atoms with van der Waals surface area (Å²) in [5, 5.41) is 4.44. The molecular weight excluding hydrogens is 442 g/mol. The van der Waals surface area contributed by atoms with Crippen LogP contribution in [0.5, 0.6) is 5.75 Å². The molecule has 0 amide bonds. The monoisotopic (exact) mass is 471 g/mol. The van der Waals surface area contributed by atoms with Gasteiger partial charge in [-0.05, 0) is 23.2 Å². The minimum atomic E-state index is 0.234. The highest BCUT2D eigenvalue weighted by Crippen LogP contribution is 2.45. The van der Waals surface area contributed by atoms with Gasteiger partial charge in [-0.1, -0.05) is 20.8 Å². The Hall–Kier alpha value is -2.17. The Bertz CT molecular complexity index is 1140. The maximum atomic E-state index is 6.14. The lowest BCUT2D eigenvalue weighted by Crippen LogP contribution is -2.29. The number of rotatable bonds is 7. The molecule has 0 aliphatic carbocycles. The van der Waals surface area contributed by atoms with Crippen LogP contribution in [0, 0.1) is 5.41 Å². The standard InChI is InChI=1S/C22H29N7OS2/c1-22(2,3)12-24-4-5-29-20-18(19(23)25-13-26-20)27-21(29)32-16-11-17-15(30-8-9-31-17)10-14(16)28-6-7-28/h10-11,13,24H,4-9,12H2,1-3H3,(H2,23,25,26). The zero-order valence-corrected chi connectivity index (χ0v) is 20.4. The summed E-state index contributed by atoms with van der Waals surface area (Å²) in [6.07, 6.45) is 1.51. The van der Waals surface area contributed by atoms with E-state index in [4.69, 9.17) is 15.5 Å². The number of ether oxygens (including phenoxy) is 1. The van der Waals surface area contributed by atoms with Crippen molar-refractivity contribution in [2.75, 3.05) is 49.2 Å². The summed E-state index contributed by atoms with van der Waals surface area (Å²) in [6, 6.07) is 4.43. The van der Waals surface area contributed by atoms with Gasteiger partial charge in [-0.3, -0.25) is 0 Å². The first-order valence-corrected chi connectivity index (χ1v) is 12.7. The SMILES string of the molecule is CC(C)(C)CNCCn1c(Sc2cc3c(cc2N2CC2)OCCS3)nc2c(N)ncnc21. The summed E-state index contributed by atoms with van der Waals surface area (Å²) in [4.78, 5) is 18.3. The number of fused-ring (bicyclic) bond motifs is 2. The van der Waals surface area contributed by atoms with Crippen LogP contribution in [-0.2, 0) is 6.54 Å². The lowest BCUT2D eigenvalue weighted by molar-refractivity contribution is 0.330. The van der Waals surface area contributed by atoms with E-state index < -0.39 is 0 Å². The topological polar surface area (TPSA) is 93.9 Å². The number of hydrogen-bond acceptors (Lipinski definition) is 9. The first-order chi connectivity index (χ1) is 15.4. The molecule has 170 valence electrons. The fourth-order valence-electron chi connectivity index (χ4n) is 3.65. The Labute approximate surface area is 196 Å². The van der Waals surface area contributed by atoms with E-state index in [-0.39, 0.29) is 5.41 Å². The molecule has 0 atom stereocenters. The van der Waals surface area contributed by atoms with Crippen molar-refractivity contribution in [2.45, 2.75) is 42.3 Å². The average molecular weight is 472 g/mol. The average Bonchev–Trinajstić information content (AvgIpc) is 3.53. The third-order valence-electron chi connectivity index (χ3n) is 5.31. The molecule has 4 heterocycles. The molecule has 8 nitrogen and oxygen atoms in total. The zero-order valence-electron chi connectivity index (χ0n) is 18.7. The van der Waals surface area contributed by atoms with E-state index in [9.17, 15) is 0 Å². The largest absolute Gasteiger partial charge is 0.491 e. The van der Waals surface area contributed by atoms with Gasteiger partial charge in [0.25, 0.3) is 0 Å². The van der Waals surface area contributed by atoms with Gasteiger partial charge >= 0.3 is 0 Å².